The molecule has 4 rings (SSSR count). The van der Waals surface area contributed by atoms with Gasteiger partial charge >= 0.3 is 0 Å². The van der Waals surface area contributed by atoms with Crippen LogP contribution in [0.25, 0.3) is 11.4 Å². The number of fused-ring (bicyclic) bond motifs is 1. The van der Waals surface area contributed by atoms with Crippen molar-refractivity contribution < 1.29 is 19.0 Å². The molecule has 1 aliphatic rings. The van der Waals surface area contributed by atoms with Crippen molar-refractivity contribution >= 4 is 5.91 Å². The summed E-state index contributed by atoms with van der Waals surface area (Å²) in [5.74, 6) is 2.55. The molecule has 0 bridgehead atoms. The molecule has 0 aliphatic heterocycles. The minimum Gasteiger partial charge on any atom is -0.493 e. The first-order valence-electron chi connectivity index (χ1n) is 11.2. The number of rotatable bonds is 8. The maximum Gasteiger partial charge on any atom is 0.223 e. The van der Waals surface area contributed by atoms with E-state index in [0.717, 1.165) is 29.7 Å². The van der Waals surface area contributed by atoms with Crippen molar-refractivity contribution in [3.8, 4) is 28.8 Å². The Balaban J connectivity index is 1.36. The molecule has 0 radical (unpaired) electrons. The molecule has 1 N–H and O–H groups in total. The molecule has 0 saturated heterocycles. The molecule has 0 spiro atoms. The fraction of sp³-hybridized carbons (Fsp3) is 0.346. The van der Waals surface area contributed by atoms with E-state index in [1.54, 1.807) is 14.2 Å². The lowest BCUT2D eigenvalue weighted by molar-refractivity contribution is -0.125. The van der Waals surface area contributed by atoms with Crippen LogP contribution in [0.4, 0.5) is 0 Å². The van der Waals surface area contributed by atoms with Crippen molar-refractivity contribution in [1.82, 2.24) is 15.3 Å². The van der Waals surface area contributed by atoms with Gasteiger partial charge in [-0.2, -0.15) is 4.98 Å². The summed E-state index contributed by atoms with van der Waals surface area (Å²) < 4.78 is 16.6. The minimum absolute atomic E-state index is 0.0432. The maximum atomic E-state index is 12.8. The van der Waals surface area contributed by atoms with Crippen LogP contribution in [0.1, 0.15) is 24.1 Å². The first kappa shape index (κ1) is 22.6. The zero-order valence-electron chi connectivity index (χ0n) is 19.0. The predicted molar refractivity (Wildman–Crippen MR) is 126 cm³/mol. The summed E-state index contributed by atoms with van der Waals surface area (Å²) in [6.45, 7) is 0.806. The van der Waals surface area contributed by atoms with Gasteiger partial charge in [0.05, 0.1) is 26.5 Å². The summed E-state index contributed by atoms with van der Waals surface area (Å²) >= 11 is 0. The molecule has 2 aromatic carbocycles. The second-order valence-electron chi connectivity index (χ2n) is 7.91. The van der Waals surface area contributed by atoms with Gasteiger partial charge in [0, 0.05) is 17.0 Å². The first-order chi connectivity index (χ1) is 16.2. The number of amides is 1. The van der Waals surface area contributed by atoms with Crippen molar-refractivity contribution in [3.05, 3.63) is 65.9 Å². The average Bonchev–Trinajstić information content (AvgIpc) is 3.09. The molecule has 172 valence electrons. The van der Waals surface area contributed by atoms with E-state index in [1.807, 2.05) is 54.6 Å². The number of nitrogens with zero attached hydrogens (tertiary/aromatic N) is 2. The van der Waals surface area contributed by atoms with E-state index in [4.69, 9.17) is 19.2 Å². The summed E-state index contributed by atoms with van der Waals surface area (Å²) in [6, 6.07) is 17.3. The van der Waals surface area contributed by atoms with Gasteiger partial charge in [-0.1, -0.05) is 42.5 Å². The molecular formula is C26H29N3O4. The lowest BCUT2D eigenvalue weighted by atomic mass is 9.99. The number of ether oxygens (including phenoxy) is 3. The van der Waals surface area contributed by atoms with Crippen molar-refractivity contribution in [1.29, 1.82) is 0 Å². The van der Waals surface area contributed by atoms with Gasteiger partial charge in [-0.25, -0.2) is 4.98 Å². The number of aromatic nitrogens is 2. The van der Waals surface area contributed by atoms with E-state index in [9.17, 15) is 4.79 Å². The van der Waals surface area contributed by atoms with Crippen LogP contribution in [0.2, 0.25) is 0 Å². The van der Waals surface area contributed by atoms with Gasteiger partial charge in [0.25, 0.3) is 0 Å². The molecule has 1 aliphatic carbocycles. The van der Waals surface area contributed by atoms with E-state index >= 15 is 0 Å². The highest BCUT2D eigenvalue weighted by atomic mass is 16.5. The third-order valence-electron chi connectivity index (χ3n) is 5.85. The number of methoxy groups -OCH3 is 2. The van der Waals surface area contributed by atoms with Gasteiger partial charge in [-0.15, -0.1) is 0 Å². The molecular weight excluding hydrogens is 418 g/mol. The fourth-order valence-corrected chi connectivity index (χ4v) is 4.10. The Kier molecular flexibility index (Phi) is 7.40. The summed E-state index contributed by atoms with van der Waals surface area (Å²) in [6.07, 6.45) is 2.89. The largest absolute Gasteiger partial charge is 0.493 e. The predicted octanol–water partition coefficient (Wildman–Crippen LogP) is 3.85. The zero-order valence-corrected chi connectivity index (χ0v) is 19.0. The molecule has 1 amide bonds. The molecule has 7 heteroatoms. The number of hydrogen-bond acceptors (Lipinski definition) is 6. The summed E-state index contributed by atoms with van der Waals surface area (Å²) in [5, 5.41) is 3.01. The number of hydrogen-bond donors (Lipinski definition) is 1. The highest BCUT2D eigenvalue weighted by molar-refractivity contribution is 5.78. The normalized spacial score (nSPS) is 15.2. The Morgan fingerprint density at radius 3 is 2.42 bits per heavy atom. The Morgan fingerprint density at radius 2 is 1.67 bits per heavy atom. The molecule has 0 saturated carbocycles. The Labute approximate surface area is 194 Å². The van der Waals surface area contributed by atoms with Gasteiger partial charge in [0.2, 0.25) is 11.8 Å². The average molecular weight is 448 g/mol. The van der Waals surface area contributed by atoms with E-state index in [-0.39, 0.29) is 11.8 Å². The molecule has 7 nitrogen and oxygen atoms in total. The van der Waals surface area contributed by atoms with E-state index < -0.39 is 0 Å². The molecule has 1 heterocycles. The Bertz CT molecular complexity index is 1090. The van der Waals surface area contributed by atoms with Gasteiger partial charge in [-0.05, 0) is 37.8 Å². The SMILES string of the molecule is COc1ccccc1OCCNC(=O)C1CCc2nc(-c3ccccc3)nc(OC)c2CC1. The maximum absolute atomic E-state index is 12.8. The van der Waals surface area contributed by atoms with Crippen molar-refractivity contribution in [2.24, 2.45) is 5.92 Å². The number of nitrogens with one attached hydrogen (secondary N) is 1. The smallest absolute Gasteiger partial charge is 0.223 e. The van der Waals surface area contributed by atoms with Crippen molar-refractivity contribution in [2.75, 3.05) is 27.4 Å². The number of para-hydroxylation sites is 2. The van der Waals surface area contributed by atoms with Crippen LogP contribution in [0.3, 0.4) is 0 Å². The fourth-order valence-electron chi connectivity index (χ4n) is 4.10. The quantitative estimate of drug-likeness (QED) is 0.417. The lowest BCUT2D eigenvalue weighted by Crippen LogP contribution is -2.34. The van der Waals surface area contributed by atoms with Gasteiger partial charge in [0.15, 0.2) is 17.3 Å². The van der Waals surface area contributed by atoms with Crippen LogP contribution in [-0.4, -0.2) is 43.2 Å². The van der Waals surface area contributed by atoms with Crippen LogP contribution in [0.15, 0.2) is 54.6 Å². The van der Waals surface area contributed by atoms with Crippen LogP contribution in [0.5, 0.6) is 17.4 Å². The number of carbonyl (C=O) groups is 1. The van der Waals surface area contributed by atoms with Crippen LogP contribution in [-0.2, 0) is 17.6 Å². The van der Waals surface area contributed by atoms with Gasteiger partial charge in [-0.3, -0.25) is 4.79 Å². The van der Waals surface area contributed by atoms with Crippen LogP contribution < -0.4 is 19.5 Å². The molecule has 1 aromatic heterocycles. The topological polar surface area (TPSA) is 82.6 Å². The molecule has 1 unspecified atom stereocenters. The standard InChI is InChI=1S/C26H29N3O4/c1-31-22-10-6-7-11-23(22)33-17-16-27-25(30)19-12-14-20-21(15-13-19)28-24(29-26(20)32-2)18-8-4-3-5-9-18/h3-11,19H,12-17H2,1-2H3,(H,27,30). The number of aryl methyl sites for hydroxylation is 1. The zero-order chi connectivity index (χ0) is 23.0. The monoisotopic (exact) mass is 447 g/mol. The summed E-state index contributed by atoms with van der Waals surface area (Å²) in [7, 11) is 3.24. The Morgan fingerprint density at radius 1 is 0.939 bits per heavy atom. The molecule has 3 aromatic rings. The summed E-state index contributed by atoms with van der Waals surface area (Å²) in [5.41, 5.74) is 2.93. The second-order valence-corrected chi connectivity index (χ2v) is 7.91. The van der Waals surface area contributed by atoms with Crippen molar-refractivity contribution in [3.63, 3.8) is 0 Å². The van der Waals surface area contributed by atoms with Crippen LogP contribution in [0, 0.1) is 5.92 Å². The third kappa shape index (κ3) is 5.42. The molecule has 0 fully saturated rings. The molecule has 1 atom stereocenters. The highest BCUT2D eigenvalue weighted by Crippen LogP contribution is 2.31. The van der Waals surface area contributed by atoms with Crippen LogP contribution >= 0.6 is 0 Å². The van der Waals surface area contributed by atoms with Gasteiger partial charge < -0.3 is 19.5 Å². The minimum atomic E-state index is -0.0876. The third-order valence-corrected chi connectivity index (χ3v) is 5.85. The molecule has 33 heavy (non-hydrogen) atoms. The van der Waals surface area contributed by atoms with Gasteiger partial charge in [0.1, 0.15) is 6.61 Å². The van der Waals surface area contributed by atoms with E-state index in [2.05, 4.69) is 10.3 Å². The van der Waals surface area contributed by atoms with E-state index in [0.29, 0.717) is 49.2 Å². The highest BCUT2D eigenvalue weighted by Gasteiger charge is 2.26. The Hall–Kier alpha value is -3.61. The number of carbonyl (C=O) groups excluding carboxylic acids is 1. The van der Waals surface area contributed by atoms with Crippen molar-refractivity contribution in [2.45, 2.75) is 25.7 Å². The summed E-state index contributed by atoms with van der Waals surface area (Å²) in [4.78, 5) is 22.3. The van der Waals surface area contributed by atoms with E-state index in [1.165, 1.54) is 0 Å². The lowest BCUT2D eigenvalue weighted by Gasteiger charge is -2.15. The second kappa shape index (κ2) is 10.8. The first-order valence-corrected chi connectivity index (χ1v) is 11.2. The number of benzene rings is 2.